The molecule has 5 heteroatoms. The van der Waals surface area contributed by atoms with Gasteiger partial charge in [-0.3, -0.25) is 4.99 Å². The largest absolute Gasteiger partial charge is 0.335 e. The van der Waals surface area contributed by atoms with E-state index in [9.17, 15) is 0 Å². The van der Waals surface area contributed by atoms with Crippen molar-refractivity contribution in [2.24, 2.45) is 20.9 Å². The van der Waals surface area contributed by atoms with E-state index in [1.807, 2.05) is 13.8 Å². The molecule has 0 heterocycles. The van der Waals surface area contributed by atoms with Crippen molar-refractivity contribution in [1.29, 1.82) is 5.41 Å². The molecule has 0 spiro atoms. The first kappa shape index (κ1) is 14.2. The van der Waals surface area contributed by atoms with Gasteiger partial charge in [0.1, 0.15) is 11.7 Å². The molecule has 0 aromatic heterocycles. The van der Waals surface area contributed by atoms with Gasteiger partial charge in [0.25, 0.3) is 0 Å². The zero-order valence-electron chi connectivity index (χ0n) is 10.2. The minimum atomic E-state index is 0.273. The van der Waals surface area contributed by atoms with Crippen molar-refractivity contribution in [3.8, 4) is 0 Å². The molecular formula is C11H19N5. The van der Waals surface area contributed by atoms with E-state index in [1.165, 1.54) is 18.5 Å². The Kier molecular flexibility index (Phi) is 7.57. The Hall–Kier alpha value is -1.78. The molecule has 16 heavy (non-hydrogen) atoms. The van der Waals surface area contributed by atoms with Crippen LogP contribution in [0.15, 0.2) is 27.3 Å². The van der Waals surface area contributed by atoms with Gasteiger partial charge in [-0.1, -0.05) is 13.8 Å². The third-order valence-corrected chi connectivity index (χ3v) is 1.61. The number of hydrogen-bond donors (Lipinski definition) is 2. The second-order valence-electron chi connectivity index (χ2n) is 3.37. The number of hydrogen-bond acceptors (Lipinski definition) is 3. The molecule has 0 radical (unpaired) electrons. The summed E-state index contributed by atoms with van der Waals surface area (Å²) in [7, 11) is 1.69. The molecule has 5 nitrogen and oxygen atoms in total. The molecule has 0 rings (SSSR count). The molecule has 0 atom stereocenters. The highest BCUT2D eigenvalue weighted by molar-refractivity contribution is 6.01. The van der Waals surface area contributed by atoms with Crippen LogP contribution in [0, 0.1) is 11.3 Å². The highest BCUT2D eigenvalue weighted by Crippen LogP contribution is 1.95. The summed E-state index contributed by atoms with van der Waals surface area (Å²) in [4.78, 5) is 12.2. The highest BCUT2D eigenvalue weighted by Gasteiger charge is 2.03. The van der Waals surface area contributed by atoms with Crippen LogP contribution in [0.25, 0.3) is 0 Å². The summed E-state index contributed by atoms with van der Waals surface area (Å²) in [5, 5.41) is 9.80. The summed E-state index contributed by atoms with van der Waals surface area (Å²) in [6.45, 7) is 5.88. The molecule has 0 unspecified atom stereocenters. The molecule has 0 aliphatic carbocycles. The lowest BCUT2D eigenvalue weighted by molar-refractivity contribution is 0.859. The number of allylic oxidation sites excluding steroid dienone is 1. The van der Waals surface area contributed by atoms with Crippen LogP contribution in [0.5, 0.6) is 0 Å². The van der Waals surface area contributed by atoms with Gasteiger partial charge in [-0.15, -0.1) is 0 Å². The fourth-order valence-corrected chi connectivity index (χ4v) is 0.856. The minimum absolute atomic E-state index is 0.273. The third kappa shape index (κ3) is 6.64. The molecule has 0 aliphatic heterocycles. The Labute approximate surface area is 96.6 Å². The predicted octanol–water partition coefficient (Wildman–Crippen LogP) is 1.87. The molecule has 2 N–H and O–H groups in total. The van der Waals surface area contributed by atoms with E-state index in [0.717, 1.165) is 5.84 Å². The van der Waals surface area contributed by atoms with Crippen molar-refractivity contribution in [2.75, 3.05) is 7.05 Å². The van der Waals surface area contributed by atoms with E-state index in [4.69, 9.17) is 5.41 Å². The van der Waals surface area contributed by atoms with E-state index in [1.54, 1.807) is 20.3 Å². The first-order valence-electron chi connectivity index (χ1n) is 5.07. The lowest BCUT2D eigenvalue weighted by Crippen LogP contribution is -2.27. The van der Waals surface area contributed by atoms with Gasteiger partial charge in [-0.05, 0) is 13.0 Å². The summed E-state index contributed by atoms with van der Waals surface area (Å²) in [6, 6.07) is 0. The van der Waals surface area contributed by atoms with Crippen molar-refractivity contribution < 1.29 is 0 Å². The Bertz CT molecular complexity index is 323. The van der Waals surface area contributed by atoms with Crippen LogP contribution in [0.1, 0.15) is 20.8 Å². The summed E-state index contributed by atoms with van der Waals surface area (Å²) in [5.74, 6) is 1.73. The van der Waals surface area contributed by atoms with Crippen molar-refractivity contribution in [1.82, 2.24) is 5.32 Å². The van der Waals surface area contributed by atoms with Gasteiger partial charge in [0.15, 0.2) is 0 Å². The maximum absolute atomic E-state index is 6.80. The van der Waals surface area contributed by atoms with Gasteiger partial charge in [-0.25, -0.2) is 9.98 Å². The van der Waals surface area contributed by atoms with E-state index in [-0.39, 0.29) is 5.92 Å². The van der Waals surface area contributed by atoms with Crippen molar-refractivity contribution in [3.05, 3.63) is 12.3 Å². The summed E-state index contributed by atoms with van der Waals surface area (Å²) >= 11 is 0. The predicted molar refractivity (Wildman–Crippen MR) is 70.9 cm³/mol. The standard InChI is InChI=1S/C11H19N5/c1-9(2)11(15-8-13-4)16-10(3)14-7-5-6-12/h5-9,12H,1-4H3,(H,13,14,15,16)/b7-5-,12-6?. The van der Waals surface area contributed by atoms with Crippen molar-refractivity contribution >= 4 is 24.2 Å². The third-order valence-electron chi connectivity index (χ3n) is 1.61. The highest BCUT2D eigenvalue weighted by atomic mass is 15.0. The number of rotatable bonds is 4. The van der Waals surface area contributed by atoms with Crippen LogP contribution < -0.4 is 5.32 Å². The van der Waals surface area contributed by atoms with Gasteiger partial charge >= 0.3 is 0 Å². The quantitative estimate of drug-likeness (QED) is 0.552. The lowest BCUT2D eigenvalue weighted by Gasteiger charge is -2.08. The fourth-order valence-electron chi connectivity index (χ4n) is 0.856. The minimum Gasteiger partial charge on any atom is -0.335 e. The molecule has 88 valence electrons. The summed E-state index contributed by atoms with van der Waals surface area (Å²) in [5.41, 5.74) is 0. The van der Waals surface area contributed by atoms with E-state index in [2.05, 4.69) is 20.3 Å². The number of nitrogens with one attached hydrogen (secondary N) is 2. The van der Waals surface area contributed by atoms with Crippen molar-refractivity contribution in [2.45, 2.75) is 20.8 Å². The topological polar surface area (TPSA) is 73.0 Å². The zero-order chi connectivity index (χ0) is 12.4. The Morgan fingerprint density at radius 1 is 1.38 bits per heavy atom. The summed E-state index contributed by atoms with van der Waals surface area (Å²) in [6.07, 6.45) is 5.85. The molecule has 0 aromatic carbocycles. The molecule has 0 bridgehead atoms. The average Bonchev–Trinajstić information content (AvgIpc) is 2.24. The number of amidine groups is 2. The van der Waals surface area contributed by atoms with E-state index < -0.39 is 0 Å². The first-order valence-corrected chi connectivity index (χ1v) is 5.07. The first-order chi connectivity index (χ1) is 7.61. The Morgan fingerprint density at radius 3 is 2.56 bits per heavy atom. The van der Waals surface area contributed by atoms with Crippen LogP contribution >= 0.6 is 0 Å². The SMILES string of the molecule is CN=CNC(=NC(C)=N/C=C\C=N)C(C)C. The van der Waals surface area contributed by atoms with Crippen LogP contribution in [-0.2, 0) is 0 Å². The fraction of sp³-hybridized carbons (Fsp3) is 0.455. The average molecular weight is 221 g/mol. The van der Waals surface area contributed by atoms with Crippen LogP contribution in [0.3, 0.4) is 0 Å². The van der Waals surface area contributed by atoms with E-state index in [0.29, 0.717) is 5.84 Å². The Balaban J connectivity index is 4.69. The molecule has 0 saturated heterocycles. The van der Waals surface area contributed by atoms with Crippen LogP contribution in [-0.4, -0.2) is 31.3 Å². The number of aliphatic imine (C=N–C) groups is 3. The maximum Gasteiger partial charge on any atom is 0.127 e. The number of nitrogens with zero attached hydrogens (tertiary/aromatic N) is 3. The molecule has 0 aromatic rings. The molecule has 0 amide bonds. The smallest absolute Gasteiger partial charge is 0.127 e. The molecular weight excluding hydrogens is 202 g/mol. The maximum atomic E-state index is 6.80. The second kappa shape index (κ2) is 8.52. The Morgan fingerprint density at radius 2 is 2.06 bits per heavy atom. The zero-order valence-corrected chi connectivity index (χ0v) is 10.2. The van der Waals surface area contributed by atoms with Gasteiger partial charge < -0.3 is 10.7 Å². The van der Waals surface area contributed by atoms with Gasteiger partial charge in [-0.2, -0.15) is 0 Å². The van der Waals surface area contributed by atoms with Crippen LogP contribution in [0.4, 0.5) is 0 Å². The monoisotopic (exact) mass is 221 g/mol. The van der Waals surface area contributed by atoms with Crippen LogP contribution in [0.2, 0.25) is 0 Å². The van der Waals surface area contributed by atoms with Gasteiger partial charge in [0.05, 0.1) is 6.34 Å². The second-order valence-corrected chi connectivity index (χ2v) is 3.37. The lowest BCUT2D eigenvalue weighted by atomic mass is 10.2. The summed E-state index contributed by atoms with van der Waals surface area (Å²) < 4.78 is 0. The molecule has 0 saturated carbocycles. The van der Waals surface area contributed by atoms with Gasteiger partial charge in [0.2, 0.25) is 0 Å². The molecule has 0 aliphatic rings. The van der Waals surface area contributed by atoms with Crippen molar-refractivity contribution in [3.63, 3.8) is 0 Å². The van der Waals surface area contributed by atoms with E-state index >= 15 is 0 Å². The van der Waals surface area contributed by atoms with Gasteiger partial charge in [0, 0.05) is 25.4 Å². The molecule has 0 fully saturated rings. The normalized spacial score (nSPS) is 14.1.